The highest BCUT2D eigenvalue weighted by molar-refractivity contribution is 5.78. The van der Waals surface area contributed by atoms with Crippen molar-refractivity contribution >= 4 is 6.03 Å². The Balaban J connectivity index is 1.20. The van der Waals surface area contributed by atoms with E-state index in [-0.39, 0.29) is 17.8 Å². The quantitative estimate of drug-likeness (QED) is 0.676. The van der Waals surface area contributed by atoms with Crippen LogP contribution in [0.2, 0.25) is 0 Å². The van der Waals surface area contributed by atoms with Crippen LogP contribution in [0.5, 0.6) is 0 Å². The van der Waals surface area contributed by atoms with Crippen molar-refractivity contribution in [2.45, 2.75) is 38.0 Å². The second-order valence-electron chi connectivity index (χ2n) is 9.09. The van der Waals surface area contributed by atoms with Crippen molar-refractivity contribution in [1.29, 1.82) is 0 Å². The van der Waals surface area contributed by atoms with Gasteiger partial charge in [-0.2, -0.15) is 0 Å². The van der Waals surface area contributed by atoms with Gasteiger partial charge in [0.2, 0.25) is 0 Å². The molecule has 2 N–H and O–H groups in total. The number of ether oxygens (including phenoxy) is 1. The average Bonchev–Trinajstić information content (AvgIpc) is 3.17. The zero-order valence-electron chi connectivity index (χ0n) is 17.7. The lowest BCUT2D eigenvalue weighted by Crippen LogP contribution is -2.66. The first-order chi connectivity index (χ1) is 14.6. The van der Waals surface area contributed by atoms with Crippen LogP contribution in [0.25, 0.3) is 0 Å². The molecular formula is C23H31N5O2. The summed E-state index contributed by atoms with van der Waals surface area (Å²) in [5, 5.41) is 6.62. The number of carbonyl (C=O) groups excluding carboxylic acids is 1. The van der Waals surface area contributed by atoms with E-state index >= 15 is 0 Å². The van der Waals surface area contributed by atoms with Crippen LogP contribution in [0.1, 0.15) is 26.2 Å². The number of allylic oxidation sites excluding steroid dienone is 1. The molecule has 7 nitrogen and oxygen atoms in total. The van der Waals surface area contributed by atoms with Gasteiger partial charge in [-0.15, -0.1) is 0 Å². The molecule has 0 aromatic carbocycles. The molecule has 7 heteroatoms. The highest BCUT2D eigenvalue weighted by Crippen LogP contribution is 2.37. The highest BCUT2D eigenvalue weighted by atomic mass is 16.5. The molecule has 0 radical (unpaired) electrons. The molecule has 4 fully saturated rings. The molecule has 30 heavy (non-hydrogen) atoms. The van der Waals surface area contributed by atoms with Gasteiger partial charge in [-0.05, 0) is 50.2 Å². The lowest BCUT2D eigenvalue weighted by molar-refractivity contribution is -0.0327. The topological polar surface area (TPSA) is 60.1 Å². The molecule has 6 aliphatic heterocycles. The molecule has 6 heterocycles. The molecule has 2 amide bonds. The summed E-state index contributed by atoms with van der Waals surface area (Å²) in [5.41, 5.74) is 0.721. The normalized spacial score (nSPS) is 35.0. The summed E-state index contributed by atoms with van der Waals surface area (Å²) in [6, 6.07) is -0.0844. The van der Waals surface area contributed by atoms with E-state index in [0.29, 0.717) is 5.76 Å². The number of hydrogen-bond donors (Lipinski definition) is 2. The number of piperazine rings is 1. The van der Waals surface area contributed by atoms with E-state index in [2.05, 4.69) is 39.2 Å². The molecule has 0 spiro atoms. The number of carbonyl (C=O) groups is 1. The fraction of sp³-hybridized carbons (Fsp3) is 0.609. The summed E-state index contributed by atoms with van der Waals surface area (Å²) in [6.45, 7) is 9.18. The van der Waals surface area contributed by atoms with E-state index in [1.165, 1.54) is 12.8 Å². The van der Waals surface area contributed by atoms with Gasteiger partial charge < -0.3 is 15.4 Å². The largest absolute Gasteiger partial charge is 0.473 e. The minimum absolute atomic E-state index is 0.0844. The van der Waals surface area contributed by atoms with Crippen molar-refractivity contribution in [3.05, 3.63) is 35.9 Å². The van der Waals surface area contributed by atoms with Gasteiger partial charge in [0.25, 0.3) is 0 Å². The zero-order chi connectivity index (χ0) is 20.6. The maximum atomic E-state index is 13.0. The monoisotopic (exact) mass is 409 g/mol. The van der Waals surface area contributed by atoms with E-state index in [0.717, 1.165) is 63.7 Å². The van der Waals surface area contributed by atoms with Crippen molar-refractivity contribution in [2.75, 3.05) is 45.8 Å². The predicted molar refractivity (Wildman–Crippen MR) is 115 cm³/mol. The Kier molecular flexibility index (Phi) is 5.32. The van der Waals surface area contributed by atoms with Crippen molar-refractivity contribution in [2.24, 2.45) is 5.92 Å². The van der Waals surface area contributed by atoms with Gasteiger partial charge in [-0.25, -0.2) is 4.79 Å². The molecule has 6 rings (SSSR count). The Morgan fingerprint density at radius 3 is 2.83 bits per heavy atom. The van der Waals surface area contributed by atoms with Crippen LogP contribution in [0, 0.1) is 17.8 Å². The summed E-state index contributed by atoms with van der Waals surface area (Å²) in [5.74, 6) is 7.77. The first-order valence-corrected chi connectivity index (χ1v) is 11.1. The number of rotatable bonds is 2. The molecule has 0 aromatic heterocycles. The number of fused-ring (bicyclic) bond motifs is 4. The van der Waals surface area contributed by atoms with E-state index in [9.17, 15) is 4.79 Å². The molecule has 6 aliphatic rings. The predicted octanol–water partition coefficient (Wildman–Crippen LogP) is 1.43. The molecule has 2 bridgehead atoms. The van der Waals surface area contributed by atoms with Crippen LogP contribution in [-0.2, 0) is 4.74 Å². The van der Waals surface area contributed by atoms with Crippen LogP contribution >= 0.6 is 0 Å². The molecule has 1 unspecified atom stereocenters. The van der Waals surface area contributed by atoms with Crippen molar-refractivity contribution in [3.63, 3.8) is 0 Å². The van der Waals surface area contributed by atoms with Crippen LogP contribution in [0.3, 0.4) is 0 Å². The van der Waals surface area contributed by atoms with Gasteiger partial charge in [-0.1, -0.05) is 5.92 Å². The van der Waals surface area contributed by atoms with Crippen molar-refractivity contribution in [1.82, 2.24) is 25.3 Å². The number of nitrogens with one attached hydrogen (secondary N) is 2. The molecule has 0 aromatic rings. The highest BCUT2D eigenvalue weighted by Gasteiger charge is 2.44. The van der Waals surface area contributed by atoms with Crippen LogP contribution < -0.4 is 10.6 Å². The standard InChI is InChI=1S/C23H31N5O2/c1-23(16-18-4-11-28(23)12-5-18)25-22(29)27-10-6-21-19(17-27)15-20(30-21)3-2-9-26-13-7-24-8-14-26/h6,10,15,17-18,21,24H,4-5,7-9,11-14,16H2,1H3,(H,25,29)/t21?,23-/m0/s1. The number of piperidine rings is 3. The molecule has 0 saturated carbocycles. The van der Waals surface area contributed by atoms with Crippen molar-refractivity contribution in [3.8, 4) is 11.8 Å². The van der Waals surface area contributed by atoms with E-state index < -0.39 is 0 Å². The molecule has 2 atom stereocenters. The number of nitrogens with zero attached hydrogens (tertiary/aromatic N) is 3. The Morgan fingerprint density at radius 1 is 1.30 bits per heavy atom. The smallest absolute Gasteiger partial charge is 0.326 e. The van der Waals surface area contributed by atoms with E-state index in [1.54, 1.807) is 11.1 Å². The maximum Gasteiger partial charge on any atom is 0.326 e. The SMILES string of the molecule is C[C@@]1(NC(=O)N2C=CC3OC(C#CCN4CCNCC4)=CC3=C2)CC2CCN1CC2. The van der Waals surface area contributed by atoms with Gasteiger partial charge in [0.15, 0.2) is 5.76 Å². The Morgan fingerprint density at radius 2 is 2.10 bits per heavy atom. The van der Waals surface area contributed by atoms with Gasteiger partial charge >= 0.3 is 6.03 Å². The minimum Gasteiger partial charge on any atom is -0.473 e. The van der Waals surface area contributed by atoms with Gasteiger partial charge in [-0.3, -0.25) is 14.7 Å². The number of urea groups is 1. The number of hydrogen-bond acceptors (Lipinski definition) is 5. The van der Waals surface area contributed by atoms with Crippen LogP contribution in [-0.4, -0.2) is 78.3 Å². The zero-order valence-corrected chi connectivity index (χ0v) is 17.7. The summed E-state index contributed by atoms with van der Waals surface area (Å²) in [6.07, 6.45) is 10.9. The third kappa shape index (κ3) is 4.00. The van der Waals surface area contributed by atoms with Crippen molar-refractivity contribution < 1.29 is 9.53 Å². The maximum absolute atomic E-state index is 13.0. The van der Waals surface area contributed by atoms with E-state index in [4.69, 9.17) is 4.74 Å². The molecule has 160 valence electrons. The van der Waals surface area contributed by atoms with Gasteiger partial charge in [0.1, 0.15) is 6.10 Å². The van der Waals surface area contributed by atoms with E-state index in [1.807, 2.05) is 18.4 Å². The molecular weight excluding hydrogens is 378 g/mol. The fourth-order valence-corrected chi connectivity index (χ4v) is 5.15. The van der Waals surface area contributed by atoms with Gasteiger partial charge in [0, 0.05) is 57.2 Å². The molecule has 0 aliphatic carbocycles. The third-order valence-electron chi connectivity index (χ3n) is 6.92. The lowest BCUT2D eigenvalue weighted by atomic mass is 9.80. The Labute approximate surface area is 178 Å². The summed E-state index contributed by atoms with van der Waals surface area (Å²) >= 11 is 0. The molecule has 4 saturated heterocycles. The second kappa shape index (κ2) is 8.10. The Hall–Kier alpha value is -2.27. The summed E-state index contributed by atoms with van der Waals surface area (Å²) < 4.78 is 5.93. The van der Waals surface area contributed by atoms with Gasteiger partial charge in [0.05, 0.1) is 12.2 Å². The Bertz CT molecular complexity index is 839. The summed E-state index contributed by atoms with van der Waals surface area (Å²) in [4.78, 5) is 19.3. The lowest BCUT2D eigenvalue weighted by Gasteiger charge is -2.53. The first-order valence-electron chi connectivity index (χ1n) is 11.1. The van der Waals surface area contributed by atoms with Crippen LogP contribution in [0.15, 0.2) is 35.9 Å². The first kappa shape index (κ1) is 19.7. The third-order valence-corrected chi connectivity index (χ3v) is 6.92. The van der Waals surface area contributed by atoms with Crippen LogP contribution in [0.4, 0.5) is 4.79 Å². The average molecular weight is 410 g/mol. The number of amides is 2. The minimum atomic E-state index is -0.246. The summed E-state index contributed by atoms with van der Waals surface area (Å²) in [7, 11) is 0. The second-order valence-corrected chi connectivity index (χ2v) is 9.09. The fourth-order valence-electron chi connectivity index (χ4n) is 5.15.